The Kier molecular flexibility index (Phi) is 4.67. The molecule has 0 aliphatic rings. The van der Waals surface area contributed by atoms with Crippen LogP contribution < -0.4 is 5.32 Å². The molecule has 0 spiro atoms. The number of hydrogen-bond donors (Lipinski definition) is 2. The van der Waals surface area contributed by atoms with Crippen molar-refractivity contribution in [1.29, 1.82) is 0 Å². The lowest BCUT2D eigenvalue weighted by molar-refractivity contribution is -0.119. The molecule has 0 aliphatic carbocycles. The van der Waals surface area contributed by atoms with E-state index in [4.69, 9.17) is 0 Å². The number of H-pyrrole nitrogens is 1. The van der Waals surface area contributed by atoms with Gasteiger partial charge in [0.25, 0.3) is 0 Å². The maximum Gasteiger partial charge on any atom is 0.230 e. The number of aryl methyl sites for hydroxylation is 1. The van der Waals surface area contributed by atoms with Crippen molar-refractivity contribution in [2.45, 2.75) is 25.0 Å². The second-order valence-corrected chi connectivity index (χ2v) is 6.52. The quantitative estimate of drug-likeness (QED) is 0.701. The first kappa shape index (κ1) is 15.6. The normalized spacial score (nSPS) is 12.3. The van der Waals surface area contributed by atoms with Gasteiger partial charge in [-0.2, -0.15) is 0 Å². The topological polar surface area (TPSA) is 57.8 Å². The zero-order chi connectivity index (χ0) is 16.2. The van der Waals surface area contributed by atoms with Gasteiger partial charge in [-0.1, -0.05) is 48.2 Å². The van der Waals surface area contributed by atoms with Crippen LogP contribution in [0.3, 0.4) is 0 Å². The summed E-state index contributed by atoms with van der Waals surface area (Å²) in [4.78, 5) is 19.8. The van der Waals surface area contributed by atoms with Crippen LogP contribution in [0, 0.1) is 6.92 Å². The van der Waals surface area contributed by atoms with Crippen molar-refractivity contribution in [3.63, 3.8) is 0 Å². The van der Waals surface area contributed by atoms with E-state index in [1.807, 2.05) is 56.3 Å². The second-order valence-electron chi connectivity index (χ2n) is 5.55. The maximum absolute atomic E-state index is 12.1. The minimum Gasteiger partial charge on any atom is -0.349 e. The summed E-state index contributed by atoms with van der Waals surface area (Å²) in [5, 5.41) is 3.78. The van der Waals surface area contributed by atoms with Gasteiger partial charge in [-0.3, -0.25) is 4.79 Å². The van der Waals surface area contributed by atoms with E-state index in [-0.39, 0.29) is 11.9 Å². The minimum atomic E-state index is 0.00243. The van der Waals surface area contributed by atoms with Gasteiger partial charge in [0.2, 0.25) is 5.91 Å². The molecule has 0 unspecified atom stereocenters. The highest BCUT2D eigenvalue weighted by Crippen LogP contribution is 2.20. The van der Waals surface area contributed by atoms with E-state index < -0.39 is 0 Å². The molecule has 0 bridgehead atoms. The first-order valence-electron chi connectivity index (χ1n) is 7.55. The fraction of sp³-hybridized carbons (Fsp3) is 0.222. The summed E-state index contributed by atoms with van der Waals surface area (Å²) in [6, 6.07) is 16.0. The minimum absolute atomic E-state index is 0.00243. The molecule has 3 aromatic rings. The average molecular weight is 325 g/mol. The van der Waals surface area contributed by atoms with Crippen molar-refractivity contribution in [2.75, 3.05) is 5.75 Å². The standard InChI is InChI=1S/C18H19N3OS/c1-12-8-9-15-16(10-12)21-18(20-15)23-11-17(22)19-13(2)14-6-4-3-5-7-14/h3-10,13H,11H2,1-2H3,(H,19,22)(H,20,21)/t13-/m0/s1. The first-order chi connectivity index (χ1) is 11.1. The lowest BCUT2D eigenvalue weighted by Crippen LogP contribution is -2.28. The molecule has 2 N–H and O–H groups in total. The molecule has 0 fully saturated rings. The van der Waals surface area contributed by atoms with Gasteiger partial charge in [0.05, 0.1) is 22.8 Å². The van der Waals surface area contributed by atoms with Crippen molar-refractivity contribution in [3.05, 3.63) is 59.7 Å². The van der Waals surface area contributed by atoms with Crippen LogP contribution in [0.5, 0.6) is 0 Å². The molecular weight excluding hydrogens is 306 g/mol. The van der Waals surface area contributed by atoms with Crippen LogP contribution in [-0.2, 0) is 4.79 Å². The smallest absolute Gasteiger partial charge is 0.230 e. The van der Waals surface area contributed by atoms with Gasteiger partial charge in [0, 0.05) is 0 Å². The Morgan fingerprint density at radius 2 is 2.04 bits per heavy atom. The molecule has 118 valence electrons. The van der Waals surface area contributed by atoms with E-state index in [0.29, 0.717) is 5.75 Å². The number of rotatable bonds is 5. The number of hydrogen-bond acceptors (Lipinski definition) is 3. The van der Waals surface area contributed by atoms with Crippen molar-refractivity contribution < 1.29 is 4.79 Å². The Hall–Kier alpha value is -2.27. The van der Waals surface area contributed by atoms with E-state index >= 15 is 0 Å². The maximum atomic E-state index is 12.1. The van der Waals surface area contributed by atoms with Gasteiger partial charge < -0.3 is 10.3 Å². The Balaban J connectivity index is 1.57. The number of thioether (sulfide) groups is 1. The third-order valence-electron chi connectivity index (χ3n) is 3.63. The van der Waals surface area contributed by atoms with Crippen molar-refractivity contribution in [1.82, 2.24) is 15.3 Å². The highest BCUT2D eigenvalue weighted by Gasteiger charge is 2.11. The Bertz CT molecular complexity index is 814. The molecule has 1 aromatic heterocycles. The molecule has 23 heavy (non-hydrogen) atoms. The third kappa shape index (κ3) is 3.93. The zero-order valence-electron chi connectivity index (χ0n) is 13.2. The summed E-state index contributed by atoms with van der Waals surface area (Å²) in [7, 11) is 0. The van der Waals surface area contributed by atoms with Crippen LogP contribution in [0.25, 0.3) is 11.0 Å². The lowest BCUT2D eigenvalue weighted by Gasteiger charge is -2.13. The number of aromatic amines is 1. The van der Waals surface area contributed by atoms with Crippen LogP contribution in [0.4, 0.5) is 0 Å². The molecule has 0 saturated carbocycles. The highest BCUT2D eigenvalue weighted by atomic mass is 32.2. The van der Waals surface area contributed by atoms with Gasteiger partial charge in [-0.15, -0.1) is 0 Å². The number of imidazole rings is 1. The number of fused-ring (bicyclic) bond motifs is 1. The Morgan fingerprint density at radius 3 is 2.83 bits per heavy atom. The molecule has 2 aromatic carbocycles. The highest BCUT2D eigenvalue weighted by molar-refractivity contribution is 7.99. The van der Waals surface area contributed by atoms with Gasteiger partial charge in [-0.05, 0) is 37.1 Å². The number of amides is 1. The molecule has 5 heteroatoms. The molecule has 4 nitrogen and oxygen atoms in total. The fourth-order valence-electron chi connectivity index (χ4n) is 2.41. The van der Waals surface area contributed by atoms with Gasteiger partial charge >= 0.3 is 0 Å². The fourth-order valence-corrected chi connectivity index (χ4v) is 3.11. The van der Waals surface area contributed by atoms with Gasteiger partial charge in [0.1, 0.15) is 0 Å². The monoisotopic (exact) mass is 325 g/mol. The lowest BCUT2D eigenvalue weighted by atomic mass is 10.1. The van der Waals surface area contributed by atoms with E-state index in [0.717, 1.165) is 21.8 Å². The Morgan fingerprint density at radius 1 is 1.26 bits per heavy atom. The van der Waals surface area contributed by atoms with Crippen molar-refractivity contribution in [3.8, 4) is 0 Å². The van der Waals surface area contributed by atoms with E-state index in [9.17, 15) is 4.79 Å². The molecule has 1 atom stereocenters. The third-order valence-corrected chi connectivity index (χ3v) is 4.51. The summed E-state index contributed by atoms with van der Waals surface area (Å²) in [6.07, 6.45) is 0. The number of aromatic nitrogens is 2. The van der Waals surface area contributed by atoms with Crippen molar-refractivity contribution in [2.24, 2.45) is 0 Å². The number of carbonyl (C=O) groups is 1. The van der Waals surface area contributed by atoms with Crippen LogP contribution in [-0.4, -0.2) is 21.6 Å². The van der Waals surface area contributed by atoms with Crippen LogP contribution in [0.15, 0.2) is 53.7 Å². The zero-order valence-corrected chi connectivity index (χ0v) is 14.0. The molecular formula is C18H19N3OS. The number of nitrogens with one attached hydrogen (secondary N) is 2. The Labute approximate surface area is 139 Å². The van der Waals surface area contributed by atoms with Crippen LogP contribution >= 0.6 is 11.8 Å². The number of benzene rings is 2. The molecule has 1 amide bonds. The summed E-state index contributed by atoms with van der Waals surface area (Å²) in [5.41, 5.74) is 4.22. The summed E-state index contributed by atoms with van der Waals surface area (Å²) < 4.78 is 0. The SMILES string of the molecule is Cc1ccc2nc(SCC(=O)N[C@@H](C)c3ccccc3)[nH]c2c1. The molecule has 0 aliphatic heterocycles. The van der Waals surface area contributed by atoms with E-state index in [2.05, 4.69) is 21.4 Å². The average Bonchev–Trinajstić information content (AvgIpc) is 2.95. The predicted molar refractivity (Wildman–Crippen MR) is 94.6 cm³/mol. The predicted octanol–water partition coefficient (Wildman–Crippen LogP) is 3.84. The van der Waals surface area contributed by atoms with Gasteiger partial charge in [-0.25, -0.2) is 4.98 Å². The molecule has 0 radical (unpaired) electrons. The number of nitrogens with zero attached hydrogens (tertiary/aromatic N) is 1. The van der Waals surface area contributed by atoms with E-state index in [1.165, 1.54) is 17.3 Å². The van der Waals surface area contributed by atoms with E-state index in [1.54, 1.807) is 0 Å². The number of carbonyl (C=O) groups excluding carboxylic acids is 1. The molecule has 0 saturated heterocycles. The van der Waals surface area contributed by atoms with Crippen LogP contribution in [0.2, 0.25) is 0 Å². The first-order valence-corrected chi connectivity index (χ1v) is 8.54. The largest absolute Gasteiger partial charge is 0.349 e. The summed E-state index contributed by atoms with van der Waals surface area (Å²) in [5.74, 6) is 0.346. The summed E-state index contributed by atoms with van der Waals surface area (Å²) >= 11 is 1.42. The summed E-state index contributed by atoms with van der Waals surface area (Å²) in [6.45, 7) is 4.04. The van der Waals surface area contributed by atoms with Gasteiger partial charge in [0.15, 0.2) is 5.16 Å². The van der Waals surface area contributed by atoms with Crippen LogP contribution in [0.1, 0.15) is 24.1 Å². The van der Waals surface area contributed by atoms with Crippen molar-refractivity contribution >= 4 is 28.7 Å². The molecule has 1 heterocycles. The molecule has 3 rings (SSSR count). The second kappa shape index (κ2) is 6.87.